The molecule has 1 rings (SSSR count). The third kappa shape index (κ3) is 2.70. The predicted octanol–water partition coefficient (Wildman–Crippen LogP) is 3.20. The molecule has 1 aliphatic rings. The summed E-state index contributed by atoms with van der Waals surface area (Å²) in [5.41, 5.74) is 0. The van der Waals surface area contributed by atoms with Gasteiger partial charge in [0.2, 0.25) is 0 Å². The Hall–Kier alpha value is -0.0400. The molecule has 1 nitrogen and oxygen atoms in total. The van der Waals surface area contributed by atoms with E-state index in [1.165, 1.54) is 38.5 Å². The van der Waals surface area contributed by atoms with Gasteiger partial charge in [0.05, 0.1) is 0 Å². The summed E-state index contributed by atoms with van der Waals surface area (Å²) in [7, 11) is 2.12. The first-order chi connectivity index (χ1) is 6.33. The molecule has 0 radical (unpaired) electrons. The van der Waals surface area contributed by atoms with Gasteiger partial charge in [-0.1, -0.05) is 39.5 Å². The fourth-order valence-corrected chi connectivity index (χ4v) is 2.99. The summed E-state index contributed by atoms with van der Waals surface area (Å²) in [4.78, 5) is 0. The number of rotatable bonds is 4. The highest BCUT2D eigenvalue weighted by molar-refractivity contribution is 4.82. The molecule has 1 aliphatic carbocycles. The van der Waals surface area contributed by atoms with Gasteiger partial charge in [-0.3, -0.25) is 0 Å². The summed E-state index contributed by atoms with van der Waals surface area (Å²) >= 11 is 0. The molecule has 1 saturated carbocycles. The Morgan fingerprint density at radius 3 is 2.46 bits per heavy atom. The first-order valence-electron chi connectivity index (χ1n) is 6.00. The van der Waals surface area contributed by atoms with Crippen molar-refractivity contribution < 1.29 is 0 Å². The van der Waals surface area contributed by atoms with Gasteiger partial charge in [0.15, 0.2) is 0 Å². The highest BCUT2D eigenvalue weighted by Crippen LogP contribution is 2.35. The molecule has 3 atom stereocenters. The maximum absolute atomic E-state index is 3.49. The largest absolute Gasteiger partial charge is 0.317 e. The Labute approximate surface area is 83.3 Å². The normalized spacial score (nSPS) is 31.6. The minimum absolute atomic E-state index is 0.769. The Bertz CT molecular complexity index is 122. The van der Waals surface area contributed by atoms with Gasteiger partial charge in [-0.05, 0) is 31.7 Å². The van der Waals surface area contributed by atoms with E-state index in [1.807, 2.05) is 0 Å². The summed E-state index contributed by atoms with van der Waals surface area (Å²) in [5.74, 6) is 1.94. The average Bonchev–Trinajstić information content (AvgIpc) is 2.20. The molecule has 0 aromatic rings. The molecule has 1 fully saturated rings. The van der Waals surface area contributed by atoms with Crippen LogP contribution in [0.15, 0.2) is 0 Å². The fraction of sp³-hybridized carbons (Fsp3) is 1.00. The lowest BCUT2D eigenvalue weighted by Crippen LogP contribution is -2.38. The maximum Gasteiger partial charge on any atom is 0.00923 e. The van der Waals surface area contributed by atoms with Gasteiger partial charge >= 0.3 is 0 Å². The number of hydrogen-bond acceptors (Lipinski definition) is 1. The summed E-state index contributed by atoms with van der Waals surface area (Å²) in [6, 6.07) is 0.769. The van der Waals surface area contributed by atoms with Crippen LogP contribution in [0.2, 0.25) is 0 Å². The lowest BCUT2D eigenvalue weighted by Gasteiger charge is -2.36. The van der Waals surface area contributed by atoms with E-state index in [1.54, 1.807) is 0 Å². The average molecular weight is 183 g/mol. The first kappa shape index (κ1) is 11.0. The zero-order valence-electron chi connectivity index (χ0n) is 9.47. The van der Waals surface area contributed by atoms with Crippen LogP contribution >= 0.6 is 0 Å². The van der Waals surface area contributed by atoms with Crippen molar-refractivity contribution in [2.75, 3.05) is 7.05 Å². The molecule has 1 heteroatoms. The van der Waals surface area contributed by atoms with Crippen molar-refractivity contribution in [2.45, 2.75) is 58.4 Å². The van der Waals surface area contributed by atoms with Crippen molar-refractivity contribution in [3.63, 3.8) is 0 Å². The van der Waals surface area contributed by atoms with Crippen LogP contribution in [0.1, 0.15) is 52.4 Å². The van der Waals surface area contributed by atoms with Gasteiger partial charge < -0.3 is 5.32 Å². The molecular formula is C12H25N. The molecular weight excluding hydrogens is 158 g/mol. The predicted molar refractivity (Wildman–Crippen MR) is 58.9 cm³/mol. The minimum Gasteiger partial charge on any atom is -0.317 e. The van der Waals surface area contributed by atoms with Gasteiger partial charge in [0.1, 0.15) is 0 Å². The van der Waals surface area contributed by atoms with Crippen LogP contribution in [0.25, 0.3) is 0 Å². The van der Waals surface area contributed by atoms with Crippen molar-refractivity contribution >= 4 is 0 Å². The van der Waals surface area contributed by atoms with Crippen LogP contribution in [-0.2, 0) is 0 Å². The van der Waals surface area contributed by atoms with Gasteiger partial charge in [-0.25, -0.2) is 0 Å². The number of hydrogen-bond donors (Lipinski definition) is 1. The zero-order chi connectivity index (χ0) is 9.68. The third-order valence-corrected chi connectivity index (χ3v) is 3.82. The second-order valence-corrected chi connectivity index (χ2v) is 4.42. The quantitative estimate of drug-likeness (QED) is 0.706. The van der Waals surface area contributed by atoms with E-state index in [4.69, 9.17) is 0 Å². The molecule has 1 N–H and O–H groups in total. The van der Waals surface area contributed by atoms with Gasteiger partial charge in [0.25, 0.3) is 0 Å². The standard InChI is InChI=1S/C12H25N/c1-4-10-8-6-7-9-11(10)12(5-2)13-3/h10-13H,4-9H2,1-3H3. The van der Waals surface area contributed by atoms with Crippen molar-refractivity contribution in [3.05, 3.63) is 0 Å². The topological polar surface area (TPSA) is 12.0 Å². The number of nitrogens with one attached hydrogen (secondary N) is 1. The van der Waals surface area contributed by atoms with Gasteiger partial charge in [-0.15, -0.1) is 0 Å². The van der Waals surface area contributed by atoms with Crippen molar-refractivity contribution in [3.8, 4) is 0 Å². The molecule has 0 heterocycles. The Balaban J connectivity index is 2.51. The van der Waals surface area contributed by atoms with Crippen LogP contribution in [-0.4, -0.2) is 13.1 Å². The zero-order valence-corrected chi connectivity index (χ0v) is 9.47. The second kappa shape index (κ2) is 5.64. The molecule has 78 valence electrons. The van der Waals surface area contributed by atoms with Gasteiger partial charge in [0, 0.05) is 6.04 Å². The van der Waals surface area contributed by atoms with Crippen LogP contribution in [0.4, 0.5) is 0 Å². The first-order valence-corrected chi connectivity index (χ1v) is 6.00. The molecule has 0 amide bonds. The summed E-state index contributed by atoms with van der Waals surface area (Å²) in [6.07, 6.45) is 8.52. The molecule has 0 aromatic carbocycles. The van der Waals surface area contributed by atoms with Crippen molar-refractivity contribution in [1.82, 2.24) is 5.32 Å². The molecule has 0 bridgehead atoms. The molecule has 13 heavy (non-hydrogen) atoms. The van der Waals surface area contributed by atoms with E-state index >= 15 is 0 Å². The highest BCUT2D eigenvalue weighted by atomic mass is 14.9. The minimum atomic E-state index is 0.769. The smallest absolute Gasteiger partial charge is 0.00923 e. The van der Waals surface area contributed by atoms with Gasteiger partial charge in [-0.2, -0.15) is 0 Å². The van der Waals surface area contributed by atoms with Crippen LogP contribution in [0.3, 0.4) is 0 Å². The SMILES string of the molecule is CCC1CCCCC1C(CC)NC. The molecule has 3 unspecified atom stereocenters. The van der Waals surface area contributed by atoms with E-state index in [0.717, 1.165) is 17.9 Å². The molecule has 0 aliphatic heterocycles. The van der Waals surface area contributed by atoms with E-state index in [0.29, 0.717) is 0 Å². The van der Waals surface area contributed by atoms with Crippen molar-refractivity contribution in [2.24, 2.45) is 11.8 Å². The molecule has 0 saturated heterocycles. The van der Waals surface area contributed by atoms with Crippen LogP contribution in [0, 0.1) is 11.8 Å². The lowest BCUT2D eigenvalue weighted by atomic mass is 9.73. The summed E-state index contributed by atoms with van der Waals surface area (Å²) in [6.45, 7) is 4.66. The summed E-state index contributed by atoms with van der Waals surface area (Å²) in [5, 5.41) is 3.49. The fourth-order valence-electron chi connectivity index (χ4n) is 2.99. The van der Waals surface area contributed by atoms with Crippen molar-refractivity contribution in [1.29, 1.82) is 0 Å². The Kier molecular flexibility index (Phi) is 4.79. The monoisotopic (exact) mass is 183 g/mol. The molecule has 0 spiro atoms. The second-order valence-electron chi connectivity index (χ2n) is 4.42. The third-order valence-electron chi connectivity index (χ3n) is 3.82. The van der Waals surface area contributed by atoms with Crippen LogP contribution < -0.4 is 5.32 Å². The molecule has 0 aromatic heterocycles. The van der Waals surface area contributed by atoms with E-state index in [2.05, 4.69) is 26.2 Å². The van der Waals surface area contributed by atoms with E-state index < -0.39 is 0 Å². The van der Waals surface area contributed by atoms with Crippen LogP contribution in [0.5, 0.6) is 0 Å². The Morgan fingerprint density at radius 2 is 1.92 bits per heavy atom. The summed E-state index contributed by atoms with van der Waals surface area (Å²) < 4.78 is 0. The maximum atomic E-state index is 3.49. The Morgan fingerprint density at radius 1 is 1.23 bits per heavy atom. The highest BCUT2D eigenvalue weighted by Gasteiger charge is 2.28. The van der Waals surface area contributed by atoms with E-state index in [-0.39, 0.29) is 0 Å². The van der Waals surface area contributed by atoms with E-state index in [9.17, 15) is 0 Å². The lowest BCUT2D eigenvalue weighted by molar-refractivity contribution is 0.177.